The first-order chi connectivity index (χ1) is 16.0. The van der Waals surface area contributed by atoms with Crippen LogP contribution in [0, 0.1) is 39.7 Å². The SMILES string of the molecule is N#CC1(C#N)C(c2ccccc2F)C(C(=O)c2ccccc2)N2c3ccc(F)cc3C=CC21. The summed E-state index contributed by atoms with van der Waals surface area (Å²) < 4.78 is 29.1. The number of Topliss-reactive ketones (excluding diaryl/α,β-unsaturated/α-hetero) is 1. The number of nitriles is 2. The Balaban J connectivity index is 1.81. The molecule has 3 aromatic rings. The summed E-state index contributed by atoms with van der Waals surface area (Å²) in [6.45, 7) is 0. The van der Waals surface area contributed by atoms with Crippen LogP contribution in [0.25, 0.3) is 6.08 Å². The van der Waals surface area contributed by atoms with Crippen molar-refractivity contribution in [2.45, 2.75) is 18.0 Å². The molecule has 0 saturated carbocycles. The molecule has 3 unspecified atom stereocenters. The molecule has 0 aromatic heterocycles. The van der Waals surface area contributed by atoms with Gasteiger partial charge in [0.2, 0.25) is 0 Å². The average Bonchev–Trinajstić information content (AvgIpc) is 3.14. The van der Waals surface area contributed by atoms with E-state index in [9.17, 15) is 19.7 Å². The smallest absolute Gasteiger partial charge is 0.185 e. The van der Waals surface area contributed by atoms with Gasteiger partial charge < -0.3 is 4.90 Å². The molecule has 1 saturated heterocycles. The second kappa shape index (κ2) is 7.69. The summed E-state index contributed by atoms with van der Waals surface area (Å²) in [5.41, 5.74) is -0.198. The Labute approximate surface area is 189 Å². The first kappa shape index (κ1) is 20.6. The van der Waals surface area contributed by atoms with Crippen LogP contribution < -0.4 is 4.90 Å². The minimum Gasteiger partial charge on any atom is -0.351 e. The van der Waals surface area contributed by atoms with E-state index in [1.54, 1.807) is 53.5 Å². The largest absolute Gasteiger partial charge is 0.351 e. The van der Waals surface area contributed by atoms with Crippen molar-refractivity contribution < 1.29 is 13.6 Å². The second-order valence-corrected chi connectivity index (χ2v) is 8.18. The molecular weight excluding hydrogens is 420 g/mol. The number of carbonyl (C=O) groups is 1. The first-order valence-electron chi connectivity index (χ1n) is 10.4. The summed E-state index contributed by atoms with van der Waals surface area (Å²) >= 11 is 0. The topological polar surface area (TPSA) is 67.9 Å². The molecule has 0 N–H and O–H groups in total. The Bertz CT molecular complexity index is 1360. The first-order valence-corrected chi connectivity index (χ1v) is 10.4. The molecule has 0 radical (unpaired) electrons. The number of ketones is 1. The summed E-state index contributed by atoms with van der Waals surface area (Å²) in [7, 11) is 0. The lowest BCUT2D eigenvalue weighted by Crippen LogP contribution is -2.44. The lowest BCUT2D eigenvalue weighted by Gasteiger charge is -2.35. The molecule has 4 nitrogen and oxygen atoms in total. The molecule has 2 aliphatic heterocycles. The number of anilines is 1. The number of fused-ring (bicyclic) bond motifs is 3. The predicted octanol–water partition coefficient (Wildman–Crippen LogP) is 5.25. The van der Waals surface area contributed by atoms with E-state index in [1.807, 2.05) is 0 Å². The molecular formula is C27H17F2N3O. The van der Waals surface area contributed by atoms with Gasteiger partial charge in [-0.05, 0) is 29.8 Å². The van der Waals surface area contributed by atoms with E-state index in [-0.39, 0.29) is 11.3 Å². The fourth-order valence-corrected chi connectivity index (χ4v) is 5.11. The van der Waals surface area contributed by atoms with Crippen molar-refractivity contribution in [3.63, 3.8) is 0 Å². The van der Waals surface area contributed by atoms with Gasteiger partial charge in [-0.25, -0.2) is 8.78 Å². The van der Waals surface area contributed by atoms with Gasteiger partial charge >= 0.3 is 0 Å². The van der Waals surface area contributed by atoms with Crippen molar-refractivity contribution in [1.82, 2.24) is 0 Å². The molecule has 0 amide bonds. The van der Waals surface area contributed by atoms with Crippen LogP contribution >= 0.6 is 0 Å². The highest BCUT2D eigenvalue weighted by Gasteiger charge is 2.63. The minimum absolute atomic E-state index is 0.126. The van der Waals surface area contributed by atoms with Crippen LogP contribution in [0.4, 0.5) is 14.5 Å². The van der Waals surface area contributed by atoms with Gasteiger partial charge in [0.05, 0.1) is 18.2 Å². The molecule has 0 bridgehead atoms. The van der Waals surface area contributed by atoms with E-state index >= 15 is 4.39 Å². The molecule has 33 heavy (non-hydrogen) atoms. The molecule has 3 atom stereocenters. The van der Waals surface area contributed by atoms with Crippen LogP contribution in [-0.2, 0) is 0 Å². The Kier molecular flexibility index (Phi) is 4.80. The molecule has 2 aliphatic rings. The monoisotopic (exact) mass is 437 g/mol. The maximum atomic E-state index is 15.1. The molecule has 1 fully saturated rings. The van der Waals surface area contributed by atoms with Crippen molar-refractivity contribution >= 4 is 17.5 Å². The third kappa shape index (κ3) is 2.96. The highest BCUT2D eigenvalue weighted by molar-refractivity contribution is 6.04. The standard InChI is InChI=1S/C27H17F2N3O/c28-19-11-12-22-18(14-19)10-13-23-27(15-30,16-31)24(20-8-4-5-9-21(20)29)25(32(22)23)26(33)17-6-2-1-3-7-17/h1-14,23-25H. The number of hydrogen-bond donors (Lipinski definition) is 0. The van der Waals surface area contributed by atoms with Crippen molar-refractivity contribution in [2.75, 3.05) is 4.90 Å². The van der Waals surface area contributed by atoms with Crippen LogP contribution in [0.2, 0.25) is 0 Å². The Hall–Kier alpha value is -4.29. The lowest BCUT2D eigenvalue weighted by molar-refractivity contribution is 0.0950. The maximum Gasteiger partial charge on any atom is 0.185 e. The van der Waals surface area contributed by atoms with Gasteiger partial charge in [0.15, 0.2) is 11.2 Å². The summed E-state index contributed by atoms with van der Waals surface area (Å²) in [4.78, 5) is 15.6. The van der Waals surface area contributed by atoms with Crippen molar-refractivity contribution in [2.24, 2.45) is 5.41 Å². The summed E-state index contributed by atoms with van der Waals surface area (Å²) in [6.07, 6.45) is 3.29. The highest BCUT2D eigenvalue weighted by Crippen LogP contribution is 2.55. The van der Waals surface area contributed by atoms with Gasteiger partial charge in [0.1, 0.15) is 17.7 Å². The fraction of sp³-hybridized carbons (Fsp3) is 0.148. The molecule has 0 spiro atoms. The Morgan fingerprint density at radius 2 is 1.64 bits per heavy atom. The number of nitrogens with zero attached hydrogens (tertiary/aromatic N) is 3. The number of carbonyl (C=O) groups excluding carboxylic acids is 1. The molecule has 6 heteroatoms. The number of benzene rings is 3. The van der Waals surface area contributed by atoms with E-state index < -0.39 is 35.1 Å². The third-order valence-electron chi connectivity index (χ3n) is 6.54. The quantitative estimate of drug-likeness (QED) is 0.525. The number of hydrogen-bond acceptors (Lipinski definition) is 4. The predicted molar refractivity (Wildman–Crippen MR) is 119 cm³/mol. The normalized spacial score (nSPS) is 22.1. The zero-order chi connectivity index (χ0) is 23.2. The molecule has 3 aromatic carbocycles. The van der Waals surface area contributed by atoms with E-state index in [4.69, 9.17) is 0 Å². The molecule has 2 heterocycles. The second-order valence-electron chi connectivity index (χ2n) is 8.18. The number of rotatable bonds is 3. The van der Waals surface area contributed by atoms with E-state index in [2.05, 4.69) is 12.1 Å². The van der Waals surface area contributed by atoms with Crippen LogP contribution in [0.5, 0.6) is 0 Å². The lowest BCUT2D eigenvalue weighted by atomic mass is 9.69. The highest BCUT2D eigenvalue weighted by atomic mass is 19.1. The maximum absolute atomic E-state index is 15.1. The fourth-order valence-electron chi connectivity index (χ4n) is 5.11. The van der Waals surface area contributed by atoms with Crippen molar-refractivity contribution in [1.29, 1.82) is 10.5 Å². The summed E-state index contributed by atoms with van der Waals surface area (Å²) in [5.74, 6) is -2.45. The van der Waals surface area contributed by atoms with Crippen molar-refractivity contribution in [3.05, 3.63) is 107 Å². The van der Waals surface area contributed by atoms with Gasteiger partial charge in [-0.1, -0.05) is 60.7 Å². The summed E-state index contributed by atoms with van der Waals surface area (Å²) in [5, 5.41) is 20.6. The average molecular weight is 437 g/mol. The van der Waals surface area contributed by atoms with Crippen molar-refractivity contribution in [3.8, 4) is 12.1 Å². The van der Waals surface area contributed by atoms with Gasteiger partial charge in [-0.3, -0.25) is 4.79 Å². The van der Waals surface area contributed by atoms with Gasteiger partial charge in [-0.15, -0.1) is 0 Å². The van der Waals surface area contributed by atoms with E-state index in [1.165, 1.54) is 36.4 Å². The van der Waals surface area contributed by atoms with E-state index in [0.29, 0.717) is 16.8 Å². The molecule has 0 aliphatic carbocycles. The molecule has 160 valence electrons. The molecule has 5 rings (SSSR count). The van der Waals surface area contributed by atoms with Crippen LogP contribution in [0.1, 0.15) is 27.4 Å². The van der Waals surface area contributed by atoms with Crippen LogP contribution in [0.15, 0.2) is 78.9 Å². The van der Waals surface area contributed by atoms with Gasteiger partial charge in [0.25, 0.3) is 0 Å². The zero-order valence-corrected chi connectivity index (χ0v) is 17.3. The minimum atomic E-state index is -1.75. The van der Waals surface area contributed by atoms with E-state index in [0.717, 1.165) is 0 Å². The zero-order valence-electron chi connectivity index (χ0n) is 17.3. The number of halogens is 2. The van der Waals surface area contributed by atoms with Crippen LogP contribution in [0.3, 0.4) is 0 Å². The summed E-state index contributed by atoms with van der Waals surface area (Å²) in [6, 6.07) is 21.0. The third-order valence-corrected chi connectivity index (χ3v) is 6.54. The Morgan fingerprint density at radius 1 is 0.939 bits per heavy atom. The van der Waals surface area contributed by atoms with Gasteiger partial charge in [0, 0.05) is 22.7 Å². The Morgan fingerprint density at radius 3 is 2.33 bits per heavy atom. The van der Waals surface area contributed by atoms with Crippen LogP contribution in [-0.4, -0.2) is 17.9 Å². The van der Waals surface area contributed by atoms with Gasteiger partial charge in [-0.2, -0.15) is 10.5 Å².